The molecule has 0 aromatic carbocycles. The molecule has 1 N–H and O–H groups in total. The first-order valence-corrected chi connectivity index (χ1v) is 8.73. The first-order valence-electron chi connectivity index (χ1n) is 8.73. The van der Waals surface area contributed by atoms with E-state index in [1.807, 2.05) is 12.1 Å². The summed E-state index contributed by atoms with van der Waals surface area (Å²) in [5, 5.41) is 2.52. The number of hydrogen-bond acceptors (Lipinski definition) is 8. The zero-order valence-electron chi connectivity index (χ0n) is 15.7. The summed E-state index contributed by atoms with van der Waals surface area (Å²) >= 11 is 0. The highest BCUT2D eigenvalue weighted by Gasteiger charge is 2.12. The van der Waals surface area contributed by atoms with Gasteiger partial charge in [-0.05, 0) is 24.3 Å². The predicted octanol–water partition coefficient (Wildman–Crippen LogP) is 2.63. The van der Waals surface area contributed by atoms with Crippen molar-refractivity contribution >= 4 is 17.1 Å². The lowest BCUT2D eigenvalue weighted by atomic mass is 10.2. The molecular weight excluding hydrogens is 374 g/mol. The van der Waals surface area contributed by atoms with Crippen molar-refractivity contribution in [3.05, 3.63) is 60.3 Å². The van der Waals surface area contributed by atoms with Crippen molar-refractivity contribution in [2.45, 2.75) is 6.61 Å². The third-order valence-electron chi connectivity index (χ3n) is 4.11. The van der Waals surface area contributed by atoms with Crippen molar-refractivity contribution in [3.63, 3.8) is 0 Å². The number of methoxy groups -OCH3 is 1. The first kappa shape index (κ1) is 18.4. The zero-order chi connectivity index (χ0) is 20.2. The molecule has 4 aromatic rings. The summed E-state index contributed by atoms with van der Waals surface area (Å²) in [6.07, 6.45) is 4.73. The van der Waals surface area contributed by atoms with E-state index >= 15 is 0 Å². The van der Waals surface area contributed by atoms with Crippen LogP contribution in [0.4, 0.5) is 0 Å². The number of fused-ring (bicyclic) bond motifs is 1. The van der Waals surface area contributed by atoms with E-state index in [-0.39, 0.29) is 12.5 Å². The van der Waals surface area contributed by atoms with E-state index < -0.39 is 0 Å². The number of aromatic nitrogens is 4. The molecule has 4 rings (SSSR count). The zero-order valence-corrected chi connectivity index (χ0v) is 15.7. The van der Waals surface area contributed by atoms with Gasteiger partial charge in [-0.25, -0.2) is 9.97 Å². The Morgan fingerprint density at radius 1 is 1.07 bits per heavy atom. The molecule has 146 valence electrons. The molecule has 0 aliphatic carbocycles. The molecule has 0 aliphatic rings. The van der Waals surface area contributed by atoms with E-state index in [9.17, 15) is 4.79 Å². The van der Waals surface area contributed by atoms with Crippen molar-refractivity contribution < 1.29 is 18.7 Å². The largest absolute Gasteiger partial charge is 0.495 e. The second-order valence-electron chi connectivity index (χ2n) is 6.00. The van der Waals surface area contributed by atoms with Crippen molar-refractivity contribution in [1.29, 1.82) is 0 Å². The maximum Gasteiger partial charge on any atom is 0.269 e. The molecule has 1 amide bonds. The number of rotatable bonds is 6. The minimum absolute atomic E-state index is 0.260. The molecular formula is C20H17N5O4. The lowest BCUT2D eigenvalue weighted by molar-refractivity contribution is 0.0958. The van der Waals surface area contributed by atoms with Gasteiger partial charge in [0.2, 0.25) is 11.6 Å². The normalized spacial score (nSPS) is 10.7. The van der Waals surface area contributed by atoms with E-state index in [0.29, 0.717) is 39.9 Å². The summed E-state index contributed by atoms with van der Waals surface area (Å²) in [6, 6.07) is 8.71. The fourth-order valence-electron chi connectivity index (χ4n) is 2.56. The van der Waals surface area contributed by atoms with Crippen LogP contribution in [-0.2, 0) is 6.61 Å². The molecule has 0 bridgehead atoms. The molecule has 9 heteroatoms. The summed E-state index contributed by atoms with van der Waals surface area (Å²) < 4.78 is 16.5. The molecule has 0 saturated carbocycles. The Kier molecular flexibility index (Phi) is 5.02. The average Bonchev–Trinajstić information content (AvgIpc) is 3.21. The number of hydrogen-bond donors (Lipinski definition) is 1. The van der Waals surface area contributed by atoms with E-state index in [2.05, 4.69) is 25.3 Å². The number of carbonyl (C=O) groups is 1. The molecule has 0 spiro atoms. The number of amides is 1. The monoisotopic (exact) mass is 391 g/mol. The Hall–Kier alpha value is -4.01. The maximum absolute atomic E-state index is 11.6. The van der Waals surface area contributed by atoms with Gasteiger partial charge in [0.15, 0.2) is 0 Å². The van der Waals surface area contributed by atoms with E-state index in [0.717, 1.165) is 5.69 Å². The van der Waals surface area contributed by atoms with Gasteiger partial charge < -0.3 is 19.2 Å². The molecule has 0 aliphatic heterocycles. The van der Waals surface area contributed by atoms with E-state index in [1.54, 1.807) is 44.8 Å². The lowest BCUT2D eigenvalue weighted by Gasteiger charge is -2.05. The molecule has 0 saturated heterocycles. The van der Waals surface area contributed by atoms with E-state index in [4.69, 9.17) is 13.9 Å². The second-order valence-corrected chi connectivity index (χ2v) is 6.00. The molecule has 29 heavy (non-hydrogen) atoms. The number of carbonyl (C=O) groups excluding carboxylic acids is 1. The van der Waals surface area contributed by atoms with Crippen molar-refractivity contribution in [2.75, 3.05) is 14.2 Å². The summed E-state index contributed by atoms with van der Waals surface area (Å²) in [5.74, 6) is 1.33. The van der Waals surface area contributed by atoms with Gasteiger partial charge in [-0.1, -0.05) is 0 Å². The van der Waals surface area contributed by atoms with Gasteiger partial charge in [-0.2, -0.15) is 0 Å². The summed E-state index contributed by atoms with van der Waals surface area (Å²) in [7, 11) is 3.14. The van der Waals surface area contributed by atoms with Gasteiger partial charge in [0.25, 0.3) is 5.91 Å². The van der Waals surface area contributed by atoms with Crippen molar-refractivity contribution in [3.8, 4) is 23.0 Å². The van der Waals surface area contributed by atoms with Crippen LogP contribution in [0.3, 0.4) is 0 Å². The fourth-order valence-corrected chi connectivity index (χ4v) is 2.56. The Balaban J connectivity index is 1.50. The van der Waals surface area contributed by atoms with Crippen LogP contribution in [-0.4, -0.2) is 40.0 Å². The quantitative estimate of drug-likeness (QED) is 0.534. The van der Waals surface area contributed by atoms with Gasteiger partial charge in [-0.3, -0.25) is 14.8 Å². The van der Waals surface area contributed by atoms with Crippen molar-refractivity contribution in [1.82, 2.24) is 25.3 Å². The number of nitrogens with zero attached hydrogens (tertiary/aromatic N) is 4. The third kappa shape index (κ3) is 3.98. The van der Waals surface area contributed by atoms with Crippen LogP contribution in [0.2, 0.25) is 0 Å². The van der Waals surface area contributed by atoms with Crippen molar-refractivity contribution in [2.24, 2.45) is 0 Å². The Morgan fingerprint density at radius 3 is 2.62 bits per heavy atom. The highest BCUT2D eigenvalue weighted by molar-refractivity contribution is 5.92. The minimum Gasteiger partial charge on any atom is -0.495 e. The molecule has 9 nitrogen and oxygen atoms in total. The van der Waals surface area contributed by atoms with Crippen LogP contribution in [0.1, 0.15) is 16.2 Å². The highest BCUT2D eigenvalue weighted by atomic mass is 16.5. The molecule has 0 atom stereocenters. The third-order valence-corrected chi connectivity index (χ3v) is 4.11. The standard InChI is InChI=1S/C20H17N5O4/c1-21-18(26)16-6-3-12(8-23-16)19-25-17-7-15(10-24-20(17)29-19)28-11-13-4-5-14(27-2)9-22-13/h3-10H,11H2,1-2H3,(H,21,26). The van der Waals surface area contributed by atoms with Crippen LogP contribution >= 0.6 is 0 Å². The van der Waals surface area contributed by atoms with Gasteiger partial charge in [0.1, 0.15) is 29.3 Å². The second kappa shape index (κ2) is 7.93. The Labute approximate surface area is 165 Å². The van der Waals surface area contributed by atoms with Gasteiger partial charge in [-0.15, -0.1) is 0 Å². The van der Waals surface area contributed by atoms with Crippen LogP contribution in [0, 0.1) is 0 Å². The summed E-state index contributed by atoms with van der Waals surface area (Å²) in [5.41, 5.74) is 2.64. The van der Waals surface area contributed by atoms with Crippen LogP contribution in [0.25, 0.3) is 22.7 Å². The summed E-state index contributed by atoms with van der Waals surface area (Å²) in [4.78, 5) is 28.6. The molecule has 4 aromatic heterocycles. The van der Waals surface area contributed by atoms with Crippen LogP contribution in [0.15, 0.2) is 53.3 Å². The SMILES string of the molecule is CNC(=O)c1ccc(-c2nc3cc(OCc4ccc(OC)cn4)cnc3o2)cn1. The number of ether oxygens (including phenoxy) is 2. The average molecular weight is 391 g/mol. The van der Waals surface area contributed by atoms with E-state index in [1.165, 1.54) is 6.20 Å². The highest BCUT2D eigenvalue weighted by Crippen LogP contribution is 2.25. The number of nitrogens with one attached hydrogen (secondary N) is 1. The molecule has 0 radical (unpaired) electrons. The smallest absolute Gasteiger partial charge is 0.269 e. The van der Waals surface area contributed by atoms with Gasteiger partial charge in [0.05, 0.1) is 30.8 Å². The Bertz CT molecular complexity index is 1140. The van der Waals surface area contributed by atoms with Gasteiger partial charge >= 0.3 is 0 Å². The summed E-state index contributed by atoms with van der Waals surface area (Å²) in [6.45, 7) is 0.284. The molecule has 0 unspecified atom stereocenters. The number of oxazole rings is 1. The maximum atomic E-state index is 11.6. The minimum atomic E-state index is -0.260. The van der Waals surface area contributed by atoms with Crippen LogP contribution in [0.5, 0.6) is 11.5 Å². The van der Waals surface area contributed by atoms with Crippen LogP contribution < -0.4 is 14.8 Å². The topological polar surface area (TPSA) is 112 Å². The fraction of sp³-hybridized carbons (Fsp3) is 0.150. The predicted molar refractivity (Wildman–Crippen MR) is 104 cm³/mol. The first-order chi connectivity index (χ1) is 14.2. The molecule has 0 fully saturated rings. The Morgan fingerprint density at radius 2 is 1.93 bits per heavy atom. The number of pyridine rings is 3. The lowest BCUT2D eigenvalue weighted by Crippen LogP contribution is -2.18. The molecule has 4 heterocycles. The van der Waals surface area contributed by atoms with Gasteiger partial charge in [0, 0.05) is 19.3 Å².